The average molecular weight is 413 g/mol. The highest BCUT2D eigenvalue weighted by atomic mass is 16.6. The molecule has 0 bridgehead atoms. The molecule has 0 atom stereocenters. The summed E-state index contributed by atoms with van der Waals surface area (Å²) in [5, 5.41) is 0.979. The smallest absolute Gasteiger partial charge is 0.363 e. The average Bonchev–Trinajstić information content (AvgIpc) is 3.19. The zero-order valence-electron chi connectivity index (χ0n) is 17.4. The largest absolute Gasteiger partial charge is 0.497 e. The van der Waals surface area contributed by atoms with Crippen molar-refractivity contribution in [3.05, 3.63) is 71.4 Å². The minimum absolute atomic E-state index is 0.284. The maximum atomic E-state index is 12.5. The van der Waals surface area contributed by atoms with Crippen LogP contribution < -0.4 is 9.64 Å². The standard InChI is InChI=1S/C25H23N3O3/c1-30-20-11-10-18-14-19(23(26-21(18)16-20)28-12-6-3-7-13-28)15-22-25(29)31-24(27-22)17-8-4-2-5-9-17/h2,4-5,8-11,14-16H,3,6-7,12-13H2,1H3/b22-15+. The van der Waals surface area contributed by atoms with Crippen LogP contribution in [0.5, 0.6) is 5.75 Å². The first-order valence-corrected chi connectivity index (χ1v) is 10.5. The number of aromatic nitrogens is 1. The number of carbonyl (C=O) groups is 1. The van der Waals surface area contributed by atoms with Crippen molar-refractivity contribution in [2.24, 2.45) is 4.99 Å². The predicted molar refractivity (Wildman–Crippen MR) is 121 cm³/mol. The minimum Gasteiger partial charge on any atom is -0.497 e. The van der Waals surface area contributed by atoms with Crippen LogP contribution >= 0.6 is 0 Å². The molecule has 1 saturated heterocycles. The number of ether oxygens (including phenoxy) is 2. The Labute approximate surface area is 180 Å². The van der Waals surface area contributed by atoms with E-state index < -0.39 is 5.97 Å². The summed E-state index contributed by atoms with van der Waals surface area (Å²) in [6, 6.07) is 17.3. The Hall–Kier alpha value is -3.67. The Balaban J connectivity index is 1.60. The third kappa shape index (κ3) is 3.89. The molecule has 2 aliphatic rings. The molecule has 0 aliphatic carbocycles. The lowest BCUT2D eigenvalue weighted by molar-refractivity contribution is -0.129. The van der Waals surface area contributed by atoms with Crippen LogP contribution in [0.3, 0.4) is 0 Å². The van der Waals surface area contributed by atoms with Gasteiger partial charge in [0.2, 0.25) is 5.90 Å². The zero-order valence-corrected chi connectivity index (χ0v) is 17.4. The van der Waals surface area contributed by atoms with E-state index in [0.717, 1.165) is 59.5 Å². The second kappa shape index (κ2) is 8.22. The van der Waals surface area contributed by atoms with Crippen molar-refractivity contribution in [2.75, 3.05) is 25.1 Å². The van der Waals surface area contributed by atoms with Crippen LogP contribution in [0.2, 0.25) is 0 Å². The van der Waals surface area contributed by atoms with Gasteiger partial charge < -0.3 is 14.4 Å². The number of benzene rings is 2. The van der Waals surface area contributed by atoms with Gasteiger partial charge in [-0.25, -0.2) is 14.8 Å². The molecule has 2 aliphatic heterocycles. The van der Waals surface area contributed by atoms with Crippen LogP contribution in [0.4, 0.5) is 5.82 Å². The summed E-state index contributed by atoms with van der Waals surface area (Å²) in [6.45, 7) is 1.89. The maximum absolute atomic E-state index is 12.5. The molecule has 6 heteroatoms. The summed E-state index contributed by atoms with van der Waals surface area (Å²) in [6.07, 6.45) is 5.28. The van der Waals surface area contributed by atoms with Gasteiger partial charge in [-0.1, -0.05) is 18.2 Å². The van der Waals surface area contributed by atoms with Gasteiger partial charge in [0.1, 0.15) is 11.6 Å². The molecular weight excluding hydrogens is 390 g/mol. The molecule has 156 valence electrons. The number of fused-ring (bicyclic) bond motifs is 1. The molecule has 3 aromatic rings. The number of methoxy groups -OCH3 is 1. The number of aliphatic imine (C=N–C) groups is 1. The summed E-state index contributed by atoms with van der Waals surface area (Å²) in [5.41, 5.74) is 2.79. The van der Waals surface area contributed by atoms with Crippen molar-refractivity contribution in [2.45, 2.75) is 19.3 Å². The molecule has 3 heterocycles. The fourth-order valence-corrected chi connectivity index (χ4v) is 4.01. The lowest BCUT2D eigenvalue weighted by Gasteiger charge is -2.29. The summed E-state index contributed by atoms with van der Waals surface area (Å²) >= 11 is 0. The van der Waals surface area contributed by atoms with Crippen molar-refractivity contribution in [1.29, 1.82) is 0 Å². The van der Waals surface area contributed by atoms with Crippen LogP contribution in [-0.4, -0.2) is 37.1 Å². The molecule has 1 aromatic heterocycles. The Kier molecular flexibility index (Phi) is 5.12. The molecule has 0 unspecified atom stereocenters. The molecule has 0 spiro atoms. The second-order valence-corrected chi connectivity index (χ2v) is 7.71. The van der Waals surface area contributed by atoms with Crippen molar-refractivity contribution >= 4 is 34.7 Å². The van der Waals surface area contributed by atoms with Crippen LogP contribution in [0.25, 0.3) is 17.0 Å². The monoisotopic (exact) mass is 413 g/mol. The summed E-state index contributed by atoms with van der Waals surface area (Å²) in [4.78, 5) is 24.3. The third-order valence-electron chi connectivity index (χ3n) is 5.62. The van der Waals surface area contributed by atoms with Crippen molar-refractivity contribution in [3.8, 4) is 5.75 Å². The van der Waals surface area contributed by atoms with E-state index in [1.165, 1.54) is 6.42 Å². The van der Waals surface area contributed by atoms with Gasteiger partial charge in [-0.15, -0.1) is 0 Å². The van der Waals surface area contributed by atoms with E-state index in [4.69, 9.17) is 14.5 Å². The van der Waals surface area contributed by atoms with E-state index in [1.54, 1.807) is 13.2 Å². The molecule has 5 rings (SSSR count). The number of pyridine rings is 1. The number of hydrogen-bond donors (Lipinski definition) is 0. The number of esters is 1. The number of nitrogens with zero attached hydrogens (tertiary/aromatic N) is 3. The normalized spacial score (nSPS) is 17.7. The second-order valence-electron chi connectivity index (χ2n) is 7.71. The van der Waals surface area contributed by atoms with Crippen molar-refractivity contribution in [1.82, 2.24) is 4.98 Å². The SMILES string of the molecule is COc1ccc2cc(/C=C3/N=C(c4ccccc4)OC3=O)c(N3CCCCC3)nc2c1. The number of anilines is 1. The Bertz CT molecular complexity index is 1200. The Morgan fingerprint density at radius 3 is 2.61 bits per heavy atom. The third-order valence-corrected chi connectivity index (χ3v) is 5.62. The molecule has 0 radical (unpaired) electrons. The first-order valence-electron chi connectivity index (χ1n) is 10.5. The molecule has 2 aromatic carbocycles. The number of cyclic esters (lactones) is 1. The molecule has 0 saturated carbocycles. The summed E-state index contributed by atoms with van der Waals surface area (Å²) < 4.78 is 10.8. The highest BCUT2D eigenvalue weighted by Crippen LogP contribution is 2.31. The van der Waals surface area contributed by atoms with Crippen LogP contribution in [0.1, 0.15) is 30.4 Å². The number of rotatable bonds is 4. The summed E-state index contributed by atoms with van der Waals surface area (Å²) in [5.74, 6) is 1.52. The Morgan fingerprint density at radius 2 is 1.84 bits per heavy atom. The fourth-order valence-electron chi connectivity index (χ4n) is 4.01. The quantitative estimate of drug-likeness (QED) is 0.463. The van der Waals surface area contributed by atoms with E-state index in [-0.39, 0.29) is 5.70 Å². The van der Waals surface area contributed by atoms with Gasteiger partial charge in [0, 0.05) is 35.7 Å². The minimum atomic E-state index is -0.446. The highest BCUT2D eigenvalue weighted by Gasteiger charge is 2.25. The van der Waals surface area contributed by atoms with Crippen molar-refractivity contribution in [3.63, 3.8) is 0 Å². The van der Waals surface area contributed by atoms with Gasteiger partial charge in [0.15, 0.2) is 5.70 Å². The van der Waals surface area contributed by atoms with Crippen LogP contribution in [0, 0.1) is 0 Å². The predicted octanol–water partition coefficient (Wildman–Crippen LogP) is 4.58. The molecule has 6 nitrogen and oxygen atoms in total. The van der Waals surface area contributed by atoms with Gasteiger partial charge in [-0.2, -0.15) is 0 Å². The highest BCUT2D eigenvalue weighted by molar-refractivity contribution is 6.13. The zero-order chi connectivity index (χ0) is 21.2. The van der Waals surface area contributed by atoms with Gasteiger partial charge in [-0.05, 0) is 55.7 Å². The van der Waals surface area contributed by atoms with Crippen molar-refractivity contribution < 1.29 is 14.3 Å². The lowest BCUT2D eigenvalue weighted by Crippen LogP contribution is -2.30. The molecule has 1 fully saturated rings. The maximum Gasteiger partial charge on any atom is 0.363 e. The van der Waals surface area contributed by atoms with Gasteiger partial charge in [0.05, 0.1) is 12.6 Å². The van der Waals surface area contributed by atoms with E-state index in [1.807, 2.05) is 48.5 Å². The van der Waals surface area contributed by atoms with Gasteiger partial charge in [0.25, 0.3) is 0 Å². The topological polar surface area (TPSA) is 64.0 Å². The van der Waals surface area contributed by atoms with E-state index in [0.29, 0.717) is 5.90 Å². The van der Waals surface area contributed by atoms with E-state index >= 15 is 0 Å². The van der Waals surface area contributed by atoms with Crippen LogP contribution in [-0.2, 0) is 9.53 Å². The lowest BCUT2D eigenvalue weighted by atomic mass is 10.1. The first-order chi connectivity index (χ1) is 15.2. The molecule has 0 amide bonds. The number of hydrogen-bond acceptors (Lipinski definition) is 6. The Morgan fingerprint density at radius 1 is 1.03 bits per heavy atom. The van der Waals surface area contributed by atoms with Crippen LogP contribution in [0.15, 0.2) is 65.3 Å². The molecule has 31 heavy (non-hydrogen) atoms. The number of carbonyl (C=O) groups excluding carboxylic acids is 1. The fraction of sp³-hybridized carbons (Fsp3) is 0.240. The molecular formula is C25H23N3O3. The van der Waals surface area contributed by atoms with E-state index in [9.17, 15) is 4.79 Å². The molecule has 0 N–H and O–H groups in total. The number of piperidine rings is 1. The summed E-state index contributed by atoms with van der Waals surface area (Å²) in [7, 11) is 1.65. The van der Waals surface area contributed by atoms with Gasteiger partial charge in [-0.3, -0.25) is 0 Å². The van der Waals surface area contributed by atoms with E-state index in [2.05, 4.69) is 16.0 Å². The van der Waals surface area contributed by atoms with Gasteiger partial charge >= 0.3 is 5.97 Å². The first kappa shape index (κ1) is 19.3.